The molecule has 0 aromatic heterocycles. The SMILES string of the molecule is C[C@@H]1CC[C@H](C)N1c1cccc2c1NCCC2. The van der Waals surface area contributed by atoms with Crippen molar-refractivity contribution in [2.24, 2.45) is 0 Å². The van der Waals surface area contributed by atoms with Gasteiger partial charge in [-0.1, -0.05) is 12.1 Å². The van der Waals surface area contributed by atoms with E-state index in [2.05, 4.69) is 42.3 Å². The zero-order valence-corrected chi connectivity index (χ0v) is 10.9. The van der Waals surface area contributed by atoms with Crippen LogP contribution in [0.3, 0.4) is 0 Å². The molecule has 2 heterocycles. The maximum absolute atomic E-state index is 3.61. The summed E-state index contributed by atoms with van der Waals surface area (Å²) in [6.07, 6.45) is 5.14. The van der Waals surface area contributed by atoms with Gasteiger partial charge in [-0.15, -0.1) is 0 Å². The van der Waals surface area contributed by atoms with Crippen LogP contribution < -0.4 is 10.2 Å². The highest BCUT2D eigenvalue weighted by molar-refractivity contribution is 5.75. The van der Waals surface area contributed by atoms with Crippen molar-refractivity contribution in [1.29, 1.82) is 0 Å². The molecule has 2 nitrogen and oxygen atoms in total. The summed E-state index contributed by atoms with van der Waals surface area (Å²) in [6.45, 7) is 5.83. The zero-order valence-electron chi connectivity index (χ0n) is 10.9. The first-order valence-corrected chi connectivity index (χ1v) is 6.91. The van der Waals surface area contributed by atoms with Crippen molar-refractivity contribution in [2.75, 3.05) is 16.8 Å². The molecule has 0 amide bonds. The van der Waals surface area contributed by atoms with Crippen LogP contribution in [-0.4, -0.2) is 18.6 Å². The van der Waals surface area contributed by atoms with Gasteiger partial charge in [0.1, 0.15) is 0 Å². The highest BCUT2D eigenvalue weighted by atomic mass is 15.2. The first-order valence-electron chi connectivity index (χ1n) is 6.91. The highest BCUT2D eigenvalue weighted by Gasteiger charge is 2.29. The molecular weight excluding hydrogens is 208 g/mol. The molecule has 0 unspecified atom stereocenters. The van der Waals surface area contributed by atoms with Crippen LogP contribution in [0.5, 0.6) is 0 Å². The number of anilines is 2. The number of nitrogens with zero attached hydrogens (tertiary/aromatic N) is 1. The average Bonchev–Trinajstić information content (AvgIpc) is 2.69. The minimum Gasteiger partial charge on any atom is -0.383 e. The summed E-state index contributed by atoms with van der Waals surface area (Å²) in [7, 11) is 0. The lowest BCUT2D eigenvalue weighted by Crippen LogP contribution is -2.33. The highest BCUT2D eigenvalue weighted by Crippen LogP contribution is 2.38. The minimum absolute atomic E-state index is 0.681. The Morgan fingerprint density at radius 2 is 1.94 bits per heavy atom. The predicted molar refractivity (Wildman–Crippen MR) is 73.9 cm³/mol. The third kappa shape index (κ3) is 1.80. The second-order valence-electron chi connectivity index (χ2n) is 5.52. The average molecular weight is 230 g/mol. The molecular formula is C15H22N2. The van der Waals surface area contributed by atoms with Crippen LogP contribution in [0.4, 0.5) is 11.4 Å². The third-order valence-electron chi connectivity index (χ3n) is 4.28. The van der Waals surface area contributed by atoms with E-state index in [9.17, 15) is 0 Å². The Morgan fingerprint density at radius 3 is 2.71 bits per heavy atom. The molecule has 1 fully saturated rings. The molecule has 92 valence electrons. The van der Waals surface area contributed by atoms with Crippen LogP contribution >= 0.6 is 0 Å². The minimum atomic E-state index is 0.681. The molecule has 0 saturated carbocycles. The Morgan fingerprint density at radius 1 is 1.18 bits per heavy atom. The lowest BCUT2D eigenvalue weighted by Gasteiger charge is -2.33. The molecule has 0 spiro atoms. The van der Waals surface area contributed by atoms with Crippen molar-refractivity contribution in [3.8, 4) is 0 Å². The number of rotatable bonds is 1. The van der Waals surface area contributed by atoms with Gasteiger partial charge in [-0.2, -0.15) is 0 Å². The number of benzene rings is 1. The van der Waals surface area contributed by atoms with Crippen LogP contribution in [0.1, 0.15) is 38.7 Å². The van der Waals surface area contributed by atoms with Gasteiger partial charge in [0.15, 0.2) is 0 Å². The Hall–Kier alpha value is -1.18. The molecule has 17 heavy (non-hydrogen) atoms. The van der Waals surface area contributed by atoms with Crippen LogP contribution in [0.15, 0.2) is 18.2 Å². The molecule has 0 aliphatic carbocycles. The molecule has 3 rings (SSSR count). The topological polar surface area (TPSA) is 15.3 Å². The molecule has 2 atom stereocenters. The molecule has 1 saturated heterocycles. The van der Waals surface area contributed by atoms with Gasteiger partial charge in [-0.25, -0.2) is 0 Å². The van der Waals surface area contributed by atoms with Gasteiger partial charge in [0, 0.05) is 18.6 Å². The maximum atomic E-state index is 3.61. The van der Waals surface area contributed by atoms with Crippen LogP contribution in [0, 0.1) is 0 Å². The van der Waals surface area contributed by atoms with Crippen molar-refractivity contribution in [2.45, 2.75) is 51.6 Å². The van der Waals surface area contributed by atoms with E-state index in [1.807, 2.05) is 0 Å². The number of aryl methyl sites for hydroxylation is 1. The number of hydrogen-bond donors (Lipinski definition) is 1. The Balaban J connectivity index is 2.02. The summed E-state index contributed by atoms with van der Waals surface area (Å²) in [5, 5.41) is 3.61. The fraction of sp³-hybridized carbons (Fsp3) is 0.600. The molecule has 0 bridgehead atoms. The van der Waals surface area contributed by atoms with E-state index in [0.29, 0.717) is 12.1 Å². The van der Waals surface area contributed by atoms with E-state index in [-0.39, 0.29) is 0 Å². The van der Waals surface area contributed by atoms with Crippen LogP contribution in [0.25, 0.3) is 0 Å². The second kappa shape index (κ2) is 4.25. The van der Waals surface area contributed by atoms with E-state index in [4.69, 9.17) is 0 Å². The largest absolute Gasteiger partial charge is 0.383 e. The van der Waals surface area contributed by atoms with Crippen molar-refractivity contribution in [3.63, 3.8) is 0 Å². The first-order chi connectivity index (χ1) is 8.27. The smallest absolute Gasteiger partial charge is 0.0610 e. The van der Waals surface area contributed by atoms with Gasteiger partial charge in [-0.05, 0) is 51.2 Å². The van der Waals surface area contributed by atoms with Crippen molar-refractivity contribution in [3.05, 3.63) is 23.8 Å². The van der Waals surface area contributed by atoms with E-state index in [1.165, 1.54) is 42.6 Å². The summed E-state index contributed by atoms with van der Waals surface area (Å²) >= 11 is 0. The standard InChI is InChI=1S/C15H22N2/c1-11-8-9-12(2)17(11)14-7-3-5-13-6-4-10-16-15(13)14/h3,5,7,11-12,16H,4,6,8-10H2,1-2H3/t11-,12+. The monoisotopic (exact) mass is 230 g/mol. The molecule has 0 radical (unpaired) electrons. The summed E-state index contributed by atoms with van der Waals surface area (Å²) in [6, 6.07) is 8.14. The Labute approximate surface area is 104 Å². The van der Waals surface area contributed by atoms with Gasteiger partial charge < -0.3 is 10.2 Å². The maximum Gasteiger partial charge on any atom is 0.0610 e. The lowest BCUT2D eigenvalue weighted by molar-refractivity contribution is 0.691. The summed E-state index contributed by atoms with van der Waals surface area (Å²) < 4.78 is 0. The van der Waals surface area contributed by atoms with Crippen molar-refractivity contribution >= 4 is 11.4 Å². The summed E-state index contributed by atoms with van der Waals surface area (Å²) in [4.78, 5) is 2.61. The summed E-state index contributed by atoms with van der Waals surface area (Å²) in [5.41, 5.74) is 4.33. The molecule has 1 N–H and O–H groups in total. The van der Waals surface area contributed by atoms with Gasteiger partial charge in [-0.3, -0.25) is 0 Å². The van der Waals surface area contributed by atoms with Gasteiger partial charge in [0.05, 0.1) is 11.4 Å². The van der Waals surface area contributed by atoms with Crippen LogP contribution in [-0.2, 0) is 6.42 Å². The summed E-state index contributed by atoms with van der Waals surface area (Å²) in [5.74, 6) is 0. The first kappa shape index (κ1) is 10.9. The fourth-order valence-corrected chi connectivity index (χ4v) is 3.38. The van der Waals surface area contributed by atoms with Crippen LogP contribution in [0.2, 0.25) is 0 Å². The number of hydrogen-bond acceptors (Lipinski definition) is 2. The third-order valence-corrected chi connectivity index (χ3v) is 4.28. The van der Waals surface area contributed by atoms with E-state index in [1.54, 1.807) is 0 Å². The van der Waals surface area contributed by atoms with E-state index < -0.39 is 0 Å². The quantitative estimate of drug-likeness (QED) is 0.795. The lowest BCUT2D eigenvalue weighted by atomic mass is 10.0. The normalized spacial score (nSPS) is 27.8. The number of fused-ring (bicyclic) bond motifs is 1. The second-order valence-corrected chi connectivity index (χ2v) is 5.52. The number of nitrogens with one attached hydrogen (secondary N) is 1. The number of para-hydroxylation sites is 1. The van der Waals surface area contributed by atoms with Gasteiger partial charge in [0.25, 0.3) is 0 Å². The Kier molecular flexibility index (Phi) is 2.73. The van der Waals surface area contributed by atoms with E-state index >= 15 is 0 Å². The Bertz CT molecular complexity index is 403. The van der Waals surface area contributed by atoms with Gasteiger partial charge >= 0.3 is 0 Å². The molecule has 1 aromatic carbocycles. The molecule has 2 heteroatoms. The van der Waals surface area contributed by atoms with Crippen molar-refractivity contribution in [1.82, 2.24) is 0 Å². The predicted octanol–water partition coefficient (Wildman–Crippen LogP) is 3.42. The van der Waals surface area contributed by atoms with E-state index in [0.717, 1.165) is 6.54 Å². The van der Waals surface area contributed by atoms with Gasteiger partial charge in [0.2, 0.25) is 0 Å². The molecule has 2 aliphatic heterocycles. The fourth-order valence-electron chi connectivity index (χ4n) is 3.38. The molecule has 1 aromatic rings. The van der Waals surface area contributed by atoms with Crippen molar-refractivity contribution < 1.29 is 0 Å². The molecule has 2 aliphatic rings. The zero-order chi connectivity index (χ0) is 11.8.